The minimum atomic E-state index is -0.264. The Bertz CT molecular complexity index is 1360. The molecule has 2 amide bonds. The van der Waals surface area contributed by atoms with Crippen LogP contribution in [0.4, 0.5) is 0 Å². The summed E-state index contributed by atoms with van der Waals surface area (Å²) < 4.78 is 7.29. The maximum atomic E-state index is 13.4. The SMILES string of the molecule is Cc1oc2ccccc2c1C(=O)N1CCN(C(=O)c2ncn(-c3cccc(Cl)c3)n2)CC1C. The molecule has 5 rings (SSSR count). The topological polar surface area (TPSA) is 84.5 Å². The van der Waals surface area contributed by atoms with Gasteiger partial charge in [0.05, 0.1) is 11.3 Å². The molecule has 1 aliphatic heterocycles. The van der Waals surface area contributed by atoms with E-state index >= 15 is 0 Å². The molecule has 9 heteroatoms. The lowest BCUT2D eigenvalue weighted by Crippen LogP contribution is -2.55. The quantitative estimate of drug-likeness (QED) is 0.459. The van der Waals surface area contributed by atoms with Crippen molar-refractivity contribution in [2.75, 3.05) is 19.6 Å². The number of hydrogen-bond acceptors (Lipinski definition) is 5. The van der Waals surface area contributed by atoms with Crippen LogP contribution in [0.25, 0.3) is 16.7 Å². The van der Waals surface area contributed by atoms with Gasteiger partial charge in [-0.05, 0) is 38.1 Å². The zero-order chi connectivity index (χ0) is 23.1. The second-order valence-corrected chi connectivity index (χ2v) is 8.56. The standard InChI is InChI=1S/C24H22ClN5O3/c1-15-13-28(24(32)22-26-14-30(27-22)18-7-5-6-17(25)12-18)10-11-29(15)23(31)21-16(2)33-20-9-4-3-8-19(20)21/h3-9,12,14-15H,10-11,13H2,1-2H3. The van der Waals surface area contributed by atoms with Crippen LogP contribution in [0.15, 0.2) is 59.3 Å². The molecule has 1 unspecified atom stereocenters. The van der Waals surface area contributed by atoms with Crippen LogP contribution in [0.1, 0.15) is 33.7 Å². The Morgan fingerprint density at radius 2 is 1.91 bits per heavy atom. The van der Waals surface area contributed by atoms with Gasteiger partial charge in [0.2, 0.25) is 5.82 Å². The van der Waals surface area contributed by atoms with Crippen molar-refractivity contribution < 1.29 is 14.0 Å². The van der Waals surface area contributed by atoms with Gasteiger partial charge < -0.3 is 14.2 Å². The molecule has 0 bridgehead atoms. The summed E-state index contributed by atoms with van der Waals surface area (Å²) in [5.74, 6) is 0.362. The highest BCUT2D eigenvalue weighted by molar-refractivity contribution is 6.30. The second kappa shape index (κ2) is 8.37. The third-order valence-electron chi connectivity index (χ3n) is 5.92. The van der Waals surface area contributed by atoms with Gasteiger partial charge in [0.15, 0.2) is 0 Å². The first-order valence-corrected chi connectivity index (χ1v) is 11.1. The molecule has 3 heterocycles. The molecular formula is C24H22ClN5O3. The van der Waals surface area contributed by atoms with Gasteiger partial charge in [-0.25, -0.2) is 9.67 Å². The van der Waals surface area contributed by atoms with Crippen LogP contribution in [-0.4, -0.2) is 62.1 Å². The highest BCUT2D eigenvalue weighted by atomic mass is 35.5. The average Bonchev–Trinajstić information content (AvgIpc) is 3.42. The van der Waals surface area contributed by atoms with Gasteiger partial charge in [0, 0.05) is 36.1 Å². The monoisotopic (exact) mass is 463 g/mol. The zero-order valence-electron chi connectivity index (χ0n) is 18.2. The summed E-state index contributed by atoms with van der Waals surface area (Å²) in [6, 6.07) is 14.5. The minimum Gasteiger partial charge on any atom is -0.461 e. The smallest absolute Gasteiger partial charge is 0.293 e. The van der Waals surface area contributed by atoms with E-state index in [9.17, 15) is 9.59 Å². The normalized spacial score (nSPS) is 16.4. The van der Waals surface area contributed by atoms with E-state index in [1.807, 2.05) is 43.3 Å². The van der Waals surface area contributed by atoms with E-state index < -0.39 is 0 Å². The highest BCUT2D eigenvalue weighted by Crippen LogP contribution is 2.28. The number of benzene rings is 2. The molecule has 0 radical (unpaired) electrons. The van der Waals surface area contributed by atoms with Gasteiger partial charge in [0.25, 0.3) is 11.8 Å². The lowest BCUT2D eigenvalue weighted by Gasteiger charge is -2.39. The number of nitrogens with zero attached hydrogens (tertiary/aromatic N) is 5. The van der Waals surface area contributed by atoms with E-state index in [4.69, 9.17) is 16.0 Å². The van der Waals surface area contributed by atoms with Crippen LogP contribution in [0.5, 0.6) is 0 Å². The predicted octanol–water partition coefficient (Wildman–Crippen LogP) is 3.96. The molecule has 0 N–H and O–H groups in total. The fourth-order valence-corrected chi connectivity index (χ4v) is 4.45. The number of fused-ring (bicyclic) bond motifs is 1. The van der Waals surface area contributed by atoms with Crippen molar-refractivity contribution >= 4 is 34.4 Å². The summed E-state index contributed by atoms with van der Waals surface area (Å²) in [7, 11) is 0. The third-order valence-corrected chi connectivity index (χ3v) is 6.15. The van der Waals surface area contributed by atoms with Crippen LogP contribution in [-0.2, 0) is 0 Å². The molecule has 33 heavy (non-hydrogen) atoms. The number of carbonyl (C=O) groups is 2. The van der Waals surface area contributed by atoms with Gasteiger partial charge in [0.1, 0.15) is 17.7 Å². The van der Waals surface area contributed by atoms with E-state index in [2.05, 4.69) is 10.1 Å². The number of aryl methyl sites for hydroxylation is 1. The number of para-hydroxylation sites is 1. The molecule has 1 fully saturated rings. The minimum absolute atomic E-state index is 0.0830. The fraction of sp³-hybridized carbons (Fsp3) is 0.250. The number of furan rings is 1. The van der Waals surface area contributed by atoms with E-state index in [0.717, 1.165) is 11.1 Å². The van der Waals surface area contributed by atoms with Gasteiger partial charge in [-0.15, -0.1) is 5.10 Å². The predicted molar refractivity (Wildman–Crippen MR) is 124 cm³/mol. The van der Waals surface area contributed by atoms with Crippen molar-refractivity contribution in [3.8, 4) is 5.69 Å². The number of halogens is 1. The van der Waals surface area contributed by atoms with Gasteiger partial charge in [-0.3, -0.25) is 9.59 Å². The van der Waals surface area contributed by atoms with Crippen LogP contribution >= 0.6 is 11.6 Å². The van der Waals surface area contributed by atoms with Crippen LogP contribution in [0.2, 0.25) is 5.02 Å². The van der Waals surface area contributed by atoms with E-state index in [1.165, 1.54) is 11.0 Å². The Kier molecular flexibility index (Phi) is 5.38. The largest absolute Gasteiger partial charge is 0.461 e. The first kappa shape index (κ1) is 21.2. The highest BCUT2D eigenvalue weighted by Gasteiger charge is 2.33. The third kappa shape index (κ3) is 3.87. The summed E-state index contributed by atoms with van der Waals surface area (Å²) in [6.45, 7) is 4.95. The van der Waals surface area contributed by atoms with Gasteiger partial charge >= 0.3 is 0 Å². The summed E-state index contributed by atoms with van der Waals surface area (Å²) in [6.07, 6.45) is 1.49. The molecule has 1 aliphatic rings. The van der Waals surface area contributed by atoms with Crippen LogP contribution < -0.4 is 0 Å². The first-order chi connectivity index (χ1) is 15.9. The van der Waals surface area contributed by atoms with Gasteiger partial charge in [-0.1, -0.05) is 35.9 Å². The number of piperazine rings is 1. The van der Waals surface area contributed by atoms with Crippen molar-refractivity contribution in [2.45, 2.75) is 19.9 Å². The lowest BCUT2D eigenvalue weighted by atomic mass is 10.1. The fourth-order valence-electron chi connectivity index (χ4n) is 4.27. The zero-order valence-corrected chi connectivity index (χ0v) is 19.0. The number of amides is 2. The Hall–Kier alpha value is -3.65. The Balaban J connectivity index is 1.31. The molecule has 0 saturated carbocycles. The number of carbonyl (C=O) groups excluding carboxylic acids is 2. The maximum absolute atomic E-state index is 13.4. The van der Waals surface area contributed by atoms with Crippen molar-refractivity contribution in [1.29, 1.82) is 0 Å². The first-order valence-electron chi connectivity index (χ1n) is 10.7. The Labute approximate surface area is 195 Å². The van der Waals surface area contributed by atoms with Crippen molar-refractivity contribution in [2.24, 2.45) is 0 Å². The average molecular weight is 464 g/mol. The molecule has 1 saturated heterocycles. The van der Waals surface area contributed by atoms with E-state index in [1.54, 1.807) is 28.9 Å². The summed E-state index contributed by atoms with van der Waals surface area (Å²) in [5, 5.41) is 5.71. The maximum Gasteiger partial charge on any atom is 0.293 e. The molecule has 4 aromatic rings. The summed E-state index contributed by atoms with van der Waals surface area (Å²) in [5.41, 5.74) is 2.00. The molecule has 0 spiro atoms. The van der Waals surface area contributed by atoms with Gasteiger partial charge in [-0.2, -0.15) is 0 Å². The number of rotatable bonds is 3. The van der Waals surface area contributed by atoms with E-state index in [0.29, 0.717) is 41.6 Å². The lowest BCUT2D eigenvalue weighted by molar-refractivity contribution is 0.0408. The Morgan fingerprint density at radius 3 is 2.70 bits per heavy atom. The molecule has 2 aromatic heterocycles. The molecule has 1 atom stereocenters. The number of aromatic nitrogens is 3. The summed E-state index contributed by atoms with van der Waals surface area (Å²) >= 11 is 6.05. The molecule has 0 aliphatic carbocycles. The van der Waals surface area contributed by atoms with Crippen molar-refractivity contribution in [3.05, 3.63) is 77.0 Å². The molecule has 2 aromatic carbocycles. The molecule has 168 valence electrons. The number of hydrogen-bond donors (Lipinski definition) is 0. The van der Waals surface area contributed by atoms with Crippen LogP contribution in [0, 0.1) is 6.92 Å². The molecular weight excluding hydrogens is 442 g/mol. The molecule has 8 nitrogen and oxygen atoms in total. The Morgan fingerprint density at radius 1 is 1.09 bits per heavy atom. The van der Waals surface area contributed by atoms with Crippen LogP contribution in [0.3, 0.4) is 0 Å². The summed E-state index contributed by atoms with van der Waals surface area (Å²) in [4.78, 5) is 34.1. The van der Waals surface area contributed by atoms with E-state index in [-0.39, 0.29) is 23.7 Å². The second-order valence-electron chi connectivity index (χ2n) is 8.12. The van der Waals surface area contributed by atoms with Crippen molar-refractivity contribution in [3.63, 3.8) is 0 Å². The van der Waals surface area contributed by atoms with Crippen molar-refractivity contribution in [1.82, 2.24) is 24.6 Å².